The summed E-state index contributed by atoms with van der Waals surface area (Å²) in [5, 5.41) is 2.98. The fourth-order valence-electron chi connectivity index (χ4n) is 3.59. The molecular formula is C20H30N4O3. The summed E-state index contributed by atoms with van der Waals surface area (Å²) in [5.74, 6) is 0.810. The van der Waals surface area contributed by atoms with E-state index >= 15 is 0 Å². The number of anilines is 1. The van der Waals surface area contributed by atoms with E-state index in [1.807, 2.05) is 11.0 Å². The van der Waals surface area contributed by atoms with E-state index in [1.54, 1.807) is 12.3 Å². The summed E-state index contributed by atoms with van der Waals surface area (Å²) in [7, 11) is 0. The topological polar surface area (TPSA) is 74.8 Å². The van der Waals surface area contributed by atoms with Gasteiger partial charge in [0, 0.05) is 51.9 Å². The monoisotopic (exact) mass is 374 g/mol. The second-order valence-corrected chi connectivity index (χ2v) is 7.19. The fourth-order valence-corrected chi connectivity index (χ4v) is 3.59. The molecule has 2 fully saturated rings. The van der Waals surface area contributed by atoms with Gasteiger partial charge in [0.1, 0.15) is 5.82 Å². The standard InChI is InChI=1S/C20H30N4O3/c1-2-3-8-18(25)23-10-12-24(13-11-23)19-17(7-4-9-21-19)20(26)22-15-16-6-5-14-27-16/h4,7,9,16H,2-3,5-6,8,10-15H2,1H3,(H,22,26). The molecule has 7 heteroatoms. The number of amides is 2. The number of hydrogen-bond acceptors (Lipinski definition) is 5. The zero-order valence-electron chi connectivity index (χ0n) is 16.2. The van der Waals surface area contributed by atoms with E-state index in [0.717, 1.165) is 32.3 Å². The predicted octanol–water partition coefficient (Wildman–Crippen LogP) is 1.83. The number of pyridine rings is 1. The van der Waals surface area contributed by atoms with Gasteiger partial charge >= 0.3 is 0 Å². The van der Waals surface area contributed by atoms with Crippen LogP contribution < -0.4 is 10.2 Å². The molecule has 1 unspecified atom stereocenters. The predicted molar refractivity (Wildman–Crippen MR) is 104 cm³/mol. The normalized spacial score (nSPS) is 20.0. The lowest BCUT2D eigenvalue weighted by Crippen LogP contribution is -2.49. The minimum Gasteiger partial charge on any atom is -0.376 e. The first-order valence-electron chi connectivity index (χ1n) is 10.1. The highest BCUT2D eigenvalue weighted by molar-refractivity contribution is 5.99. The van der Waals surface area contributed by atoms with E-state index in [-0.39, 0.29) is 17.9 Å². The molecule has 1 aromatic rings. The summed E-state index contributed by atoms with van der Waals surface area (Å²) in [5.41, 5.74) is 0.584. The number of piperazine rings is 1. The van der Waals surface area contributed by atoms with Crippen LogP contribution in [0.3, 0.4) is 0 Å². The highest BCUT2D eigenvalue weighted by Crippen LogP contribution is 2.20. The lowest BCUT2D eigenvalue weighted by molar-refractivity contribution is -0.131. The van der Waals surface area contributed by atoms with E-state index in [4.69, 9.17) is 4.74 Å². The zero-order chi connectivity index (χ0) is 19.1. The molecule has 1 N–H and O–H groups in total. The molecule has 27 heavy (non-hydrogen) atoms. The Hall–Kier alpha value is -2.15. The molecule has 0 bridgehead atoms. The van der Waals surface area contributed by atoms with Crippen molar-refractivity contribution >= 4 is 17.6 Å². The number of unbranched alkanes of at least 4 members (excludes halogenated alkanes) is 1. The van der Waals surface area contributed by atoms with Crippen LogP contribution in [0.25, 0.3) is 0 Å². The van der Waals surface area contributed by atoms with E-state index in [9.17, 15) is 9.59 Å². The average Bonchev–Trinajstić information content (AvgIpc) is 3.24. The molecule has 3 rings (SSSR count). The molecule has 1 atom stereocenters. The number of rotatable bonds is 7. The Bertz CT molecular complexity index is 638. The van der Waals surface area contributed by atoms with Gasteiger partial charge in [0.25, 0.3) is 5.91 Å². The van der Waals surface area contributed by atoms with Crippen molar-refractivity contribution in [3.63, 3.8) is 0 Å². The summed E-state index contributed by atoms with van der Waals surface area (Å²) in [6, 6.07) is 3.60. The van der Waals surface area contributed by atoms with Crippen molar-refractivity contribution in [1.29, 1.82) is 0 Å². The molecule has 0 radical (unpaired) electrons. The maximum absolute atomic E-state index is 12.7. The number of ether oxygens (including phenoxy) is 1. The van der Waals surface area contributed by atoms with Crippen LogP contribution in [0, 0.1) is 0 Å². The Labute approximate surface area is 161 Å². The van der Waals surface area contributed by atoms with Gasteiger partial charge in [-0.05, 0) is 31.4 Å². The van der Waals surface area contributed by atoms with Gasteiger partial charge in [0.2, 0.25) is 5.91 Å². The number of carbonyl (C=O) groups excluding carboxylic acids is 2. The summed E-state index contributed by atoms with van der Waals surface area (Å²) in [6.45, 7) is 6.15. The molecule has 148 valence electrons. The molecule has 3 heterocycles. The molecule has 2 saturated heterocycles. The summed E-state index contributed by atoms with van der Waals surface area (Å²) >= 11 is 0. The molecular weight excluding hydrogens is 344 g/mol. The third kappa shape index (κ3) is 5.19. The Kier molecular flexibility index (Phi) is 7.04. The first-order chi connectivity index (χ1) is 13.2. The lowest BCUT2D eigenvalue weighted by Gasteiger charge is -2.36. The fraction of sp³-hybridized carbons (Fsp3) is 0.650. The van der Waals surface area contributed by atoms with Crippen LogP contribution in [-0.2, 0) is 9.53 Å². The Balaban J connectivity index is 1.57. The van der Waals surface area contributed by atoms with Crippen LogP contribution in [0.1, 0.15) is 49.4 Å². The zero-order valence-corrected chi connectivity index (χ0v) is 16.2. The molecule has 2 aliphatic heterocycles. The third-order valence-electron chi connectivity index (χ3n) is 5.22. The number of aromatic nitrogens is 1. The quantitative estimate of drug-likeness (QED) is 0.788. The maximum Gasteiger partial charge on any atom is 0.255 e. The van der Waals surface area contributed by atoms with Gasteiger partial charge in [-0.15, -0.1) is 0 Å². The third-order valence-corrected chi connectivity index (χ3v) is 5.22. The summed E-state index contributed by atoms with van der Waals surface area (Å²) in [4.78, 5) is 33.3. The van der Waals surface area contributed by atoms with Crippen molar-refractivity contribution in [2.24, 2.45) is 0 Å². The number of carbonyl (C=O) groups is 2. The Morgan fingerprint density at radius 1 is 1.30 bits per heavy atom. The van der Waals surface area contributed by atoms with Crippen molar-refractivity contribution in [2.45, 2.75) is 45.1 Å². The van der Waals surface area contributed by atoms with Crippen LogP contribution >= 0.6 is 0 Å². The van der Waals surface area contributed by atoms with Crippen molar-refractivity contribution in [2.75, 3.05) is 44.2 Å². The molecule has 2 aliphatic rings. The Morgan fingerprint density at radius 2 is 2.11 bits per heavy atom. The van der Waals surface area contributed by atoms with Gasteiger partial charge in [-0.2, -0.15) is 0 Å². The van der Waals surface area contributed by atoms with Gasteiger partial charge in [-0.25, -0.2) is 4.98 Å². The number of nitrogens with zero attached hydrogens (tertiary/aromatic N) is 3. The molecule has 0 aliphatic carbocycles. The SMILES string of the molecule is CCCCC(=O)N1CCN(c2ncccc2C(=O)NCC2CCCO2)CC1. The van der Waals surface area contributed by atoms with Crippen molar-refractivity contribution in [3.05, 3.63) is 23.9 Å². The highest BCUT2D eigenvalue weighted by atomic mass is 16.5. The second kappa shape index (κ2) is 9.69. The minimum absolute atomic E-state index is 0.116. The van der Waals surface area contributed by atoms with Crippen LogP contribution in [0.5, 0.6) is 0 Å². The van der Waals surface area contributed by atoms with Gasteiger partial charge in [0.05, 0.1) is 11.7 Å². The average molecular weight is 374 g/mol. The van der Waals surface area contributed by atoms with Crippen LogP contribution in [-0.4, -0.2) is 67.1 Å². The van der Waals surface area contributed by atoms with Gasteiger partial charge < -0.3 is 19.9 Å². The molecule has 1 aromatic heterocycles. The Morgan fingerprint density at radius 3 is 2.81 bits per heavy atom. The molecule has 2 amide bonds. The van der Waals surface area contributed by atoms with E-state index < -0.39 is 0 Å². The lowest BCUT2D eigenvalue weighted by atomic mass is 10.1. The highest BCUT2D eigenvalue weighted by Gasteiger charge is 2.25. The number of nitrogens with one attached hydrogen (secondary N) is 1. The van der Waals surface area contributed by atoms with E-state index in [1.165, 1.54) is 0 Å². The molecule has 0 saturated carbocycles. The molecule has 0 aromatic carbocycles. The summed E-state index contributed by atoms with van der Waals surface area (Å²) < 4.78 is 5.57. The van der Waals surface area contributed by atoms with Crippen LogP contribution in [0.4, 0.5) is 5.82 Å². The van der Waals surface area contributed by atoms with Crippen molar-refractivity contribution in [3.8, 4) is 0 Å². The molecule has 0 spiro atoms. The van der Waals surface area contributed by atoms with Crippen molar-refractivity contribution in [1.82, 2.24) is 15.2 Å². The largest absolute Gasteiger partial charge is 0.376 e. The first kappa shape index (κ1) is 19.6. The van der Waals surface area contributed by atoms with Gasteiger partial charge in [-0.1, -0.05) is 13.3 Å². The molecule has 7 nitrogen and oxygen atoms in total. The van der Waals surface area contributed by atoms with E-state index in [2.05, 4.69) is 22.1 Å². The van der Waals surface area contributed by atoms with Crippen LogP contribution in [0.15, 0.2) is 18.3 Å². The maximum atomic E-state index is 12.7. The minimum atomic E-state index is -0.116. The van der Waals surface area contributed by atoms with Crippen molar-refractivity contribution < 1.29 is 14.3 Å². The van der Waals surface area contributed by atoms with Crippen LogP contribution in [0.2, 0.25) is 0 Å². The van der Waals surface area contributed by atoms with E-state index in [0.29, 0.717) is 50.5 Å². The van der Waals surface area contributed by atoms with Gasteiger partial charge in [-0.3, -0.25) is 9.59 Å². The second-order valence-electron chi connectivity index (χ2n) is 7.19. The number of hydrogen-bond donors (Lipinski definition) is 1. The first-order valence-corrected chi connectivity index (χ1v) is 10.1. The van der Waals surface area contributed by atoms with Gasteiger partial charge in [0.15, 0.2) is 0 Å². The smallest absolute Gasteiger partial charge is 0.255 e. The summed E-state index contributed by atoms with van der Waals surface area (Å²) in [6.07, 6.45) is 6.47.